The molecule has 0 heterocycles. The van der Waals surface area contributed by atoms with Gasteiger partial charge in [0, 0.05) is 12.1 Å². The monoisotopic (exact) mass is 396 g/mol. The van der Waals surface area contributed by atoms with E-state index in [-0.39, 0.29) is 29.4 Å². The molecular formula is C20H16N2O7. The van der Waals surface area contributed by atoms with E-state index in [1.807, 2.05) is 0 Å². The molecule has 0 aliphatic heterocycles. The Morgan fingerprint density at radius 2 is 1.90 bits per heavy atom. The lowest BCUT2D eigenvalue weighted by Gasteiger charge is -2.07. The molecule has 0 radical (unpaired) electrons. The van der Waals surface area contributed by atoms with E-state index in [4.69, 9.17) is 19.5 Å². The molecule has 9 heteroatoms. The van der Waals surface area contributed by atoms with Crippen LogP contribution >= 0.6 is 0 Å². The molecule has 0 aliphatic rings. The van der Waals surface area contributed by atoms with E-state index in [0.717, 1.165) is 0 Å². The number of rotatable bonds is 8. The second kappa shape index (κ2) is 10.2. The molecule has 0 unspecified atom stereocenters. The fourth-order valence-corrected chi connectivity index (χ4v) is 2.15. The van der Waals surface area contributed by atoms with Crippen LogP contribution in [0.15, 0.2) is 54.1 Å². The number of hydrogen-bond acceptors (Lipinski definition) is 8. The van der Waals surface area contributed by atoms with Gasteiger partial charge in [0.25, 0.3) is 5.69 Å². The van der Waals surface area contributed by atoms with Gasteiger partial charge in [-0.25, -0.2) is 9.59 Å². The van der Waals surface area contributed by atoms with Crippen molar-refractivity contribution in [3.05, 3.63) is 69.8 Å². The Bertz CT molecular complexity index is 975. The summed E-state index contributed by atoms with van der Waals surface area (Å²) in [5, 5.41) is 19.7. The highest BCUT2D eigenvalue weighted by Gasteiger charge is 2.11. The summed E-state index contributed by atoms with van der Waals surface area (Å²) < 4.78 is 15.2. The maximum Gasteiger partial charge on any atom is 0.349 e. The summed E-state index contributed by atoms with van der Waals surface area (Å²) in [6, 6.07) is 13.2. The Morgan fingerprint density at radius 3 is 2.52 bits per heavy atom. The molecule has 0 bridgehead atoms. The Labute approximate surface area is 165 Å². The number of hydrogen-bond donors (Lipinski definition) is 0. The number of nitriles is 1. The van der Waals surface area contributed by atoms with Gasteiger partial charge in [-0.05, 0) is 42.8 Å². The van der Waals surface area contributed by atoms with Gasteiger partial charge in [-0.15, -0.1) is 0 Å². The lowest BCUT2D eigenvalue weighted by Crippen LogP contribution is -2.17. The predicted molar refractivity (Wildman–Crippen MR) is 101 cm³/mol. The summed E-state index contributed by atoms with van der Waals surface area (Å²) in [6.07, 6.45) is 1.32. The number of nitro benzene ring substituents is 1. The molecule has 0 atom stereocenters. The number of ether oxygens (including phenoxy) is 3. The molecule has 0 aliphatic carbocycles. The molecule has 2 rings (SSSR count). The first-order chi connectivity index (χ1) is 13.9. The van der Waals surface area contributed by atoms with E-state index in [0.29, 0.717) is 5.56 Å². The highest BCUT2D eigenvalue weighted by molar-refractivity contribution is 5.97. The Balaban J connectivity index is 1.98. The van der Waals surface area contributed by atoms with E-state index >= 15 is 0 Å². The van der Waals surface area contributed by atoms with Crippen LogP contribution in [0.25, 0.3) is 6.08 Å². The third-order valence-corrected chi connectivity index (χ3v) is 3.42. The van der Waals surface area contributed by atoms with Gasteiger partial charge in [-0.2, -0.15) is 5.26 Å². The molecule has 0 saturated carbocycles. The fraction of sp³-hybridized carbons (Fsp3) is 0.150. The van der Waals surface area contributed by atoms with Crippen LogP contribution in [0.3, 0.4) is 0 Å². The largest absolute Gasteiger partial charge is 0.482 e. The minimum Gasteiger partial charge on any atom is -0.482 e. The van der Waals surface area contributed by atoms with Crippen LogP contribution in [0.1, 0.15) is 12.5 Å². The second-order valence-electron chi connectivity index (χ2n) is 5.48. The van der Waals surface area contributed by atoms with Crippen LogP contribution < -0.4 is 9.47 Å². The summed E-state index contributed by atoms with van der Waals surface area (Å²) in [5.74, 6) is -0.973. The minimum absolute atomic E-state index is 0.0932. The molecule has 0 amide bonds. The average molecular weight is 396 g/mol. The van der Waals surface area contributed by atoms with Gasteiger partial charge >= 0.3 is 11.9 Å². The molecular weight excluding hydrogens is 380 g/mol. The quantitative estimate of drug-likeness (QED) is 0.166. The van der Waals surface area contributed by atoms with Crippen molar-refractivity contribution in [1.82, 2.24) is 0 Å². The third-order valence-electron chi connectivity index (χ3n) is 3.42. The lowest BCUT2D eigenvalue weighted by molar-refractivity contribution is -0.384. The zero-order chi connectivity index (χ0) is 21.2. The first-order valence-corrected chi connectivity index (χ1v) is 8.40. The van der Waals surface area contributed by atoms with Crippen molar-refractivity contribution in [1.29, 1.82) is 5.26 Å². The highest BCUT2D eigenvalue weighted by atomic mass is 16.6. The van der Waals surface area contributed by atoms with Crippen molar-refractivity contribution < 1.29 is 28.7 Å². The van der Waals surface area contributed by atoms with Gasteiger partial charge in [0.1, 0.15) is 23.1 Å². The number of carbonyl (C=O) groups excluding carboxylic acids is 2. The smallest absolute Gasteiger partial charge is 0.349 e. The molecule has 29 heavy (non-hydrogen) atoms. The number of benzene rings is 2. The molecule has 2 aromatic carbocycles. The molecule has 2 aromatic rings. The number of esters is 2. The Morgan fingerprint density at radius 1 is 1.17 bits per heavy atom. The fourth-order valence-electron chi connectivity index (χ4n) is 2.15. The molecule has 148 valence electrons. The number of nitrogens with zero attached hydrogens (tertiary/aromatic N) is 2. The van der Waals surface area contributed by atoms with Crippen molar-refractivity contribution in [2.45, 2.75) is 6.92 Å². The highest BCUT2D eigenvalue weighted by Crippen LogP contribution is 2.19. The van der Waals surface area contributed by atoms with Crippen molar-refractivity contribution >= 4 is 23.7 Å². The number of non-ortho nitro benzene ring substituents is 1. The van der Waals surface area contributed by atoms with E-state index in [2.05, 4.69) is 0 Å². The summed E-state index contributed by atoms with van der Waals surface area (Å²) in [6.45, 7) is 1.36. The molecule has 9 nitrogen and oxygen atoms in total. The van der Waals surface area contributed by atoms with Crippen LogP contribution in [-0.2, 0) is 14.3 Å². The summed E-state index contributed by atoms with van der Waals surface area (Å²) >= 11 is 0. The molecule has 0 fully saturated rings. The zero-order valence-corrected chi connectivity index (χ0v) is 15.4. The summed E-state index contributed by atoms with van der Waals surface area (Å²) in [5.41, 5.74) is 0.192. The van der Waals surface area contributed by atoms with Gasteiger partial charge in [-0.1, -0.05) is 12.1 Å². The molecule has 0 spiro atoms. The van der Waals surface area contributed by atoms with Crippen LogP contribution in [-0.4, -0.2) is 30.1 Å². The standard InChI is InChI=1S/C20H16N2O7/c1-2-27-20(24)15(12-21)10-14-4-3-5-18(11-14)29-19(23)13-28-17-8-6-16(7-9-17)22(25)26/h3-11H,2,13H2,1H3/b15-10+. The zero-order valence-electron chi connectivity index (χ0n) is 15.4. The van der Waals surface area contributed by atoms with Gasteiger partial charge in [0.15, 0.2) is 6.61 Å². The first-order valence-electron chi connectivity index (χ1n) is 8.40. The predicted octanol–water partition coefficient (Wildman–Crippen LogP) is 3.05. The van der Waals surface area contributed by atoms with E-state index in [9.17, 15) is 19.7 Å². The van der Waals surface area contributed by atoms with Gasteiger partial charge in [0.2, 0.25) is 0 Å². The number of carbonyl (C=O) groups is 2. The van der Waals surface area contributed by atoms with Gasteiger partial charge in [-0.3, -0.25) is 10.1 Å². The molecule has 0 aromatic heterocycles. The normalized spacial score (nSPS) is 10.6. The maximum atomic E-state index is 11.9. The van der Waals surface area contributed by atoms with Crippen LogP contribution in [0.5, 0.6) is 11.5 Å². The molecule has 0 saturated heterocycles. The van der Waals surface area contributed by atoms with Crippen molar-refractivity contribution in [3.63, 3.8) is 0 Å². The number of nitro groups is 1. The van der Waals surface area contributed by atoms with Gasteiger partial charge < -0.3 is 14.2 Å². The average Bonchev–Trinajstić information content (AvgIpc) is 2.71. The topological polar surface area (TPSA) is 129 Å². The Kier molecular flexibility index (Phi) is 7.44. The third kappa shape index (κ3) is 6.48. The summed E-state index contributed by atoms with van der Waals surface area (Å²) in [4.78, 5) is 33.7. The van der Waals surface area contributed by atoms with E-state index in [1.54, 1.807) is 25.1 Å². The first kappa shape index (κ1) is 21.1. The second-order valence-corrected chi connectivity index (χ2v) is 5.48. The summed E-state index contributed by atoms with van der Waals surface area (Å²) in [7, 11) is 0. The van der Waals surface area contributed by atoms with E-state index < -0.39 is 23.5 Å². The van der Waals surface area contributed by atoms with E-state index in [1.165, 1.54) is 42.5 Å². The lowest BCUT2D eigenvalue weighted by atomic mass is 10.1. The maximum absolute atomic E-state index is 11.9. The van der Waals surface area contributed by atoms with Crippen molar-refractivity contribution in [3.8, 4) is 17.6 Å². The SMILES string of the molecule is CCOC(=O)/C(C#N)=C/c1cccc(OC(=O)COc2ccc([N+](=O)[O-])cc2)c1. The molecule has 0 N–H and O–H groups in total. The van der Waals surface area contributed by atoms with Gasteiger partial charge in [0.05, 0.1) is 11.5 Å². The van der Waals surface area contributed by atoms with Crippen LogP contribution in [0, 0.1) is 21.4 Å². The van der Waals surface area contributed by atoms with Crippen LogP contribution in [0.2, 0.25) is 0 Å². The van der Waals surface area contributed by atoms with Crippen molar-refractivity contribution in [2.75, 3.05) is 13.2 Å². The van der Waals surface area contributed by atoms with Crippen molar-refractivity contribution in [2.24, 2.45) is 0 Å². The minimum atomic E-state index is -0.742. The Hall–Kier alpha value is -4.19. The van der Waals surface area contributed by atoms with Crippen LogP contribution in [0.4, 0.5) is 5.69 Å².